The fourth-order valence-corrected chi connectivity index (χ4v) is 3.01. The molecule has 0 aliphatic carbocycles. The SMILES string of the molecule is CC(C)(C)c1nc(Br)cc(Sc2ncns2)n1. The monoisotopic (exact) mass is 330 g/mol. The minimum atomic E-state index is -0.0692. The fraction of sp³-hybridized carbons (Fsp3) is 0.400. The Morgan fingerprint density at radius 2 is 2.06 bits per heavy atom. The van der Waals surface area contributed by atoms with Crippen LogP contribution in [0.15, 0.2) is 26.4 Å². The topological polar surface area (TPSA) is 51.6 Å². The maximum absolute atomic E-state index is 4.54. The second-order valence-corrected chi connectivity index (χ2v) is 7.27. The van der Waals surface area contributed by atoms with E-state index in [0.29, 0.717) is 0 Å². The molecule has 0 bridgehead atoms. The molecule has 0 aliphatic rings. The highest BCUT2D eigenvalue weighted by atomic mass is 79.9. The molecule has 17 heavy (non-hydrogen) atoms. The zero-order valence-corrected chi connectivity index (χ0v) is 12.9. The molecule has 0 aromatic carbocycles. The van der Waals surface area contributed by atoms with Gasteiger partial charge in [0, 0.05) is 11.5 Å². The van der Waals surface area contributed by atoms with Crippen molar-refractivity contribution in [2.45, 2.75) is 35.6 Å². The standard InChI is InChI=1S/C10H11BrN4S2/c1-10(2,3)8-14-6(11)4-7(15-8)16-9-12-5-13-17-9/h4-5H,1-3H3. The molecule has 7 heteroatoms. The van der Waals surface area contributed by atoms with Crippen LogP contribution in [0.25, 0.3) is 0 Å². The predicted molar refractivity (Wildman–Crippen MR) is 72.5 cm³/mol. The van der Waals surface area contributed by atoms with Crippen LogP contribution in [0.5, 0.6) is 0 Å². The van der Waals surface area contributed by atoms with Crippen LogP contribution in [0.4, 0.5) is 0 Å². The summed E-state index contributed by atoms with van der Waals surface area (Å²) in [7, 11) is 0. The quantitative estimate of drug-likeness (QED) is 0.788. The van der Waals surface area contributed by atoms with Crippen molar-refractivity contribution in [1.29, 1.82) is 0 Å². The third-order valence-electron chi connectivity index (χ3n) is 1.88. The van der Waals surface area contributed by atoms with E-state index in [-0.39, 0.29) is 5.41 Å². The lowest BCUT2D eigenvalue weighted by atomic mass is 9.96. The number of nitrogens with zero attached hydrogens (tertiary/aromatic N) is 4. The highest BCUT2D eigenvalue weighted by Crippen LogP contribution is 2.30. The summed E-state index contributed by atoms with van der Waals surface area (Å²) < 4.78 is 5.65. The molecular formula is C10H11BrN4S2. The summed E-state index contributed by atoms with van der Waals surface area (Å²) in [5.41, 5.74) is -0.0692. The Morgan fingerprint density at radius 3 is 2.65 bits per heavy atom. The number of aromatic nitrogens is 4. The van der Waals surface area contributed by atoms with Crippen molar-refractivity contribution < 1.29 is 0 Å². The van der Waals surface area contributed by atoms with E-state index in [1.807, 2.05) is 6.07 Å². The van der Waals surface area contributed by atoms with Gasteiger partial charge in [-0.2, -0.15) is 4.37 Å². The third kappa shape index (κ3) is 3.46. The van der Waals surface area contributed by atoms with E-state index in [9.17, 15) is 0 Å². The first-order valence-electron chi connectivity index (χ1n) is 4.95. The van der Waals surface area contributed by atoms with Crippen LogP contribution in [-0.4, -0.2) is 19.3 Å². The van der Waals surface area contributed by atoms with Crippen LogP contribution in [0.3, 0.4) is 0 Å². The first kappa shape index (κ1) is 12.9. The normalized spacial score (nSPS) is 11.8. The zero-order valence-electron chi connectivity index (χ0n) is 9.64. The van der Waals surface area contributed by atoms with E-state index in [1.165, 1.54) is 23.3 Å². The fourth-order valence-electron chi connectivity index (χ4n) is 1.08. The summed E-state index contributed by atoms with van der Waals surface area (Å²) in [6.45, 7) is 6.27. The van der Waals surface area contributed by atoms with E-state index < -0.39 is 0 Å². The van der Waals surface area contributed by atoms with Gasteiger partial charge in [-0.15, -0.1) is 0 Å². The molecule has 0 amide bonds. The molecule has 0 saturated heterocycles. The van der Waals surface area contributed by atoms with Gasteiger partial charge in [0.1, 0.15) is 21.8 Å². The molecule has 0 atom stereocenters. The van der Waals surface area contributed by atoms with Gasteiger partial charge in [0.2, 0.25) is 0 Å². The minimum absolute atomic E-state index is 0.0692. The van der Waals surface area contributed by atoms with E-state index in [4.69, 9.17) is 0 Å². The van der Waals surface area contributed by atoms with Crippen LogP contribution in [0, 0.1) is 0 Å². The Labute approximate surface area is 117 Å². The Kier molecular flexibility index (Phi) is 3.79. The average molecular weight is 331 g/mol. The van der Waals surface area contributed by atoms with Crippen molar-refractivity contribution in [3.8, 4) is 0 Å². The van der Waals surface area contributed by atoms with Crippen LogP contribution in [0.1, 0.15) is 26.6 Å². The molecule has 0 spiro atoms. The third-order valence-corrected chi connectivity index (χ3v) is 3.91. The molecule has 4 nitrogen and oxygen atoms in total. The smallest absolute Gasteiger partial charge is 0.175 e. The van der Waals surface area contributed by atoms with E-state index in [0.717, 1.165) is 19.8 Å². The molecule has 0 N–H and O–H groups in total. The Balaban J connectivity index is 2.32. The minimum Gasteiger partial charge on any atom is -0.226 e. The highest BCUT2D eigenvalue weighted by Gasteiger charge is 2.19. The molecule has 2 aromatic heterocycles. The molecule has 2 rings (SSSR count). The lowest BCUT2D eigenvalue weighted by Crippen LogP contribution is -2.16. The highest BCUT2D eigenvalue weighted by molar-refractivity contribution is 9.10. The summed E-state index contributed by atoms with van der Waals surface area (Å²) in [5.74, 6) is 0.818. The van der Waals surface area contributed by atoms with Gasteiger partial charge in [0.05, 0.1) is 0 Å². The number of rotatable bonds is 2. The first-order chi connectivity index (χ1) is 7.95. The van der Waals surface area contributed by atoms with Gasteiger partial charge in [-0.05, 0) is 39.2 Å². The number of hydrogen-bond donors (Lipinski definition) is 0. The Bertz CT molecular complexity index is 508. The lowest BCUT2D eigenvalue weighted by molar-refractivity contribution is 0.536. The summed E-state index contributed by atoms with van der Waals surface area (Å²) in [4.78, 5) is 13.1. The second kappa shape index (κ2) is 4.99. The summed E-state index contributed by atoms with van der Waals surface area (Å²) in [6.07, 6.45) is 1.55. The van der Waals surface area contributed by atoms with Gasteiger partial charge in [-0.25, -0.2) is 15.0 Å². The van der Waals surface area contributed by atoms with E-state index in [2.05, 4.69) is 56.0 Å². The van der Waals surface area contributed by atoms with Gasteiger partial charge in [0.15, 0.2) is 4.34 Å². The van der Waals surface area contributed by atoms with Gasteiger partial charge in [-0.3, -0.25) is 0 Å². The van der Waals surface area contributed by atoms with Crippen LogP contribution >= 0.6 is 39.2 Å². The summed E-state index contributed by atoms with van der Waals surface area (Å²) >= 11 is 6.28. The van der Waals surface area contributed by atoms with Gasteiger partial charge in [-0.1, -0.05) is 20.8 Å². The maximum atomic E-state index is 4.54. The predicted octanol–water partition coefficient (Wildman–Crippen LogP) is 3.54. The molecule has 0 radical (unpaired) electrons. The second-order valence-electron chi connectivity index (χ2n) is 4.41. The number of hydrogen-bond acceptors (Lipinski definition) is 6. The summed E-state index contributed by atoms with van der Waals surface area (Å²) in [6, 6.07) is 1.89. The van der Waals surface area contributed by atoms with E-state index >= 15 is 0 Å². The molecule has 90 valence electrons. The van der Waals surface area contributed by atoms with Crippen molar-refractivity contribution in [2.75, 3.05) is 0 Å². The zero-order chi connectivity index (χ0) is 12.5. The van der Waals surface area contributed by atoms with Crippen molar-refractivity contribution in [1.82, 2.24) is 19.3 Å². The van der Waals surface area contributed by atoms with Crippen LogP contribution in [-0.2, 0) is 5.41 Å². The van der Waals surface area contributed by atoms with Gasteiger partial charge < -0.3 is 0 Å². The molecule has 0 fully saturated rings. The molecular weight excluding hydrogens is 320 g/mol. The van der Waals surface area contributed by atoms with Crippen molar-refractivity contribution >= 4 is 39.2 Å². The van der Waals surface area contributed by atoms with Gasteiger partial charge in [0.25, 0.3) is 0 Å². The van der Waals surface area contributed by atoms with Gasteiger partial charge >= 0.3 is 0 Å². The average Bonchev–Trinajstić information content (AvgIpc) is 2.68. The molecule has 0 saturated carbocycles. The maximum Gasteiger partial charge on any atom is 0.175 e. The van der Waals surface area contributed by atoms with E-state index in [1.54, 1.807) is 6.33 Å². The summed E-state index contributed by atoms with van der Waals surface area (Å²) in [5, 5.41) is 0.883. The first-order valence-corrected chi connectivity index (χ1v) is 7.33. The molecule has 2 aromatic rings. The van der Waals surface area contributed by atoms with Crippen LogP contribution in [0.2, 0.25) is 0 Å². The number of halogens is 1. The Morgan fingerprint density at radius 1 is 1.29 bits per heavy atom. The van der Waals surface area contributed by atoms with Crippen molar-refractivity contribution in [3.05, 3.63) is 22.8 Å². The molecule has 0 aliphatic heterocycles. The lowest BCUT2D eigenvalue weighted by Gasteiger charge is -2.17. The molecule has 2 heterocycles. The van der Waals surface area contributed by atoms with Crippen molar-refractivity contribution in [2.24, 2.45) is 0 Å². The Hall–Kier alpha value is -0.530. The van der Waals surface area contributed by atoms with Crippen molar-refractivity contribution in [3.63, 3.8) is 0 Å². The largest absolute Gasteiger partial charge is 0.226 e. The van der Waals surface area contributed by atoms with Crippen LogP contribution < -0.4 is 0 Å². The molecule has 0 unspecified atom stereocenters.